The van der Waals surface area contributed by atoms with Crippen LogP contribution in [0, 0.1) is 11.2 Å². The zero-order valence-electron chi connectivity index (χ0n) is 10.8. The Morgan fingerprint density at radius 2 is 2.22 bits per heavy atom. The number of halogens is 1. The largest absolute Gasteiger partial charge is 0.396 e. The summed E-state index contributed by atoms with van der Waals surface area (Å²) in [6.07, 6.45) is 3.01. The van der Waals surface area contributed by atoms with E-state index in [4.69, 9.17) is 5.73 Å². The highest BCUT2D eigenvalue weighted by atomic mass is 19.1. The summed E-state index contributed by atoms with van der Waals surface area (Å²) < 4.78 is 13.3. The van der Waals surface area contributed by atoms with E-state index in [0.717, 1.165) is 19.3 Å². The van der Waals surface area contributed by atoms with Crippen LogP contribution in [-0.2, 0) is 0 Å². The molecule has 1 aromatic rings. The van der Waals surface area contributed by atoms with Crippen molar-refractivity contribution in [1.29, 1.82) is 0 Å². The number of hydrogen-bond acceptors (Lipinski definition) is 2. The molecule has 3 N–H and O–H groups in total. The third kappa shape index (κ3) is 2.63. The lowest BCUT2D eigenvalue weighted by Gasteiger charge is -2.18. The van der Waals surface area contributed by atoms with Gasteiger partial charge in [-0.05, 0) is 36.8 Å². The van der Waals surface area contributed by atoms with E-state index in [1.807, 2.05) is 0 Å². The van der Waals surface area contributed by atoms with Gasteiger partial charge in [0, 0.05) is 6.04 Å². The van der Waals surface area contributed by atoms with E-state index in [1.54, 1.807) is 6.07 Å². The first-order valence-corrected chi connectivity index (χ1v) is 6.24. The molecule has 98 valence electrons. The van der Waals surface area contributed by atoms with Crippen LogP contribution in [0.15, 0.2) is 18.2 Å². The third-order valence-corrected chi connectivity index (χ3v) is 3.60. The maximum Gasteiger partial charge on any atom is 0.253 e. The van der Waals surface area contributed by atoms with Crippen LogP contribution in [0.5, 0.6) is 0 Å². The number of nitrogens with one attached hydrogen (secondary N) is 1. The van der Waals surface area contributed by atoms with Gasteiger partial charge in [-0.2, -0.15) is 0 Å². The molecule has 1 aromatic carbocycles. The van der Waals surface area contributed by atoms with Gasteiger partial charge < -0.3 is 11.1 Å². The normalized spacial score (nSPS) is 21.8. The van der Waals surface area contributed by atoms with Gasteiger partial charge in [-0.3, -0.25) is 4.79 Å². The smallest absolute Gasteiger partial charge is 0.253 e. The minimum absolute atomic E-state index is 0.0766. The lowest BCUT2D eigenvalue weighted by molar-refractivity contribution is 0.0936. The highest BCUT2D eigenvalue weighted by molar-refractivity contribution is 5.99. The topological polar surface area (TPSA) is 55.1 Å². The fourth-order valence-electron chi connectivity index (χ4n) is 2.56. The summed E-state index contributed by atoms with van der Waals surface area (Å²) >= 11 is 0. The van der Waals surface area contributed by atoms with E-state index in [1.165, 1.54) is 12.1 Å². The number of amides is 1. The second kappa shape index (κ2) is 4.59. The number of para-hydroxylation sites is 1. The van der Waals surface area contributed by atoms with E-state index in [-0.39, 0.29) is 28.6 Å². The molecule has 1 atom stereocenters. The van der Waals surface area contributed by atoms with Crippen molar-refractivity contribution in [2.24, 2.45) is 5.41 Å². The van der Waals surface area contributed by atoms with E-state index in [9.17, 15) is 9.18 Å². The lowest BCUT2D eigenvalue weighted by atomic mass is 9.92. The summed E-state index contributed by atoms with van der Waals surface area (Å²) in [5.74, 6) is -0.830. The standard InChI is InChI=1S/C14H19FN2O/c1-14(2)7-6-9(8-14)17-13(18)10-4-3-5-11(15)12(10)16/h3-5,9H,6-8,16H2,1-2H3,(H,17,18). The first-order chi connectivity index (χ1) is 8.39. The zero-order chi connectivity index (χ0) is 13.3. The highest BCUT2D eigenvalue weighted by Gasteiger charge is 2.32. The fourth-order valence-corrected chi connectivity index (χ4v) is 2.56. The van der Waals surface area contributed by atoms with Crippen molar-refractivity contribution in [2.75, 3.05) is 5.73 Å². The van der Waals surface area contributed by atoms with Crippen LogP contribution < -0.4 is 11.1 Å². The molecule has 0 spiro atoms. The summed E-state index contributed by atoms with van der Waals surface area (Å²) in [4.78, 5) is 12.0. The van der Waals surface area contributed by atoms with E-state index < -0.39 is 5.82 Å². The number of carbonyl (C=O) groups excluding carboxylic acids is 1. The number of anilines is 1. The maximum absolute atomic E-state index is 13.3. The van der Waals surface area contributed by atoms with E-state index in [0.29, 0.717) is 0 Å². The summed E-state index contributed by atoms with van der Waals surface area (Å²) in [6.45, 7) is 4.38. The summed E-state index contributed by atoms with van der Waals surface area (Å²) in [7, 11) is 0. The Bertz CT molecular complexity index is 471. The molecular formula is C14H19FN2O. The van der Waals surface area contributed by atoms with Gasteiger partial charge in [0.2, 0.25) is 0 Å². The number of carbonyl (C=O) groups is 1. The van der Waals surface area contributed by atoms with Gasteiger partial charge in [0.1, 0.15) is 5.82 Å². The Balaban J connectivity index is 2.07. The summed E-state index contributed by atoms with van der Waals surface area (Å²) in [6, 6.07) is 4.47. The van der Waals surface area contributed by atoms with Crippen molar-refractivity contribution in [1.82, 2.24) is 5.32 Å². The van der Waals surface area contributed by atoms with Crippen LogP contribution in [-0.4, -0.2) is 11.9 Å². The quantitative estimate of drug-likeness (QED) is 0.793. The molecule has 18 heavy (non-hydrogen) atoms. The predicted molar refractivity (Wildman–Crippen MR) is 69.7 cm³/mol. The second-order valence-electron chi connectivity index (χ2n) is 5.78. The fraction of sp³-hybridized carbons (Fsp3) is 0.500. The molecule has 3 nitrogen and oxygen atoms in total. The van der Waals surface area contributed by atoms with Crippen LogP contribution in [0.4, 0.5) is 10.1 Å². The number of benzene rings is 1. The van der Waals surface area contributed by atoms with Crippen LogP contribution in [0.1, 0.15) is 43.5 Å². The van der Waals surface area contributed by atoms with Crippen molar-refractivity contribution in [3.63, 3.8) is 0 Å². The molecule has 0 heterocycles. The van der Waals surface area contributed by atoms with Crippen molar-refractivity contribution >= 4 is 11.6 Å². The molecular weight excluding hydrogens is 231 g/mol. The lowest BCUT2D eigenvalue weighted by Crippen LogP contribution is -2.34. The van der Waals surface area contributed by atoms with Crippen LogP contribution in [0.3, 0.4) is 0 Å². The third-order valence-electron chi connectivity index (χ3n) is 3.60. The second-order valence-corrected chi connectivity index (χ2v) is 5.78. The van der Waals surface area contributed by atoms with Crippen LogP contribution in [0.2, 0.25) is 0 Å². The molecule has 1 aliphatic rings. The maximum atomic E-state index is 13.3. The molecule has 0 saturated heterocycles. The number of rotatable bonds is 2. The van der Waals surface area contributed by atoms with Crippen molar-refractivity contribution in [3.8, 4) is 0 Å². The van der Waals surface area contributed by atoms with Crippen molar-refractivity contribution < 1.29 is 9.18 Å². The Labute approximate surface area is 107 Å². The average Bonchev–Trinajstić information content (AvgIpc) is 2.62. The molecule has 2 rings (SSSR count). The minimum Gasteiger partial charge on any atom is -0.396 e. The molecule has 0 aromatic heterocycles. The molecule has 1 saturated carbocycles. The van der Waals surface area contributed by atoms with Gasteiger partial charge >= 0.3 is 0 Å². The summed E-state index contributed by atoms with van der Waals surface area (Å²) in [5, 5.41) is 2.93. The van der Waals surface area contributed by atoms with Crippen molar-refractivity contribution in [2.45, 2.75) is 39.2 Å². The monoisotopic (exact) mass is 250 g/mol. The Morgan fingerprint density at radius 1 is 1.50 bits per heavy atom. The highest BCUT2D eigenvalue weighted by Crippen LogP contribution is 2.37. The Kier molecular flexibility index (Phi) is 3.28. The number of nitrogens with two attached hydrogens (primary N) is 1. The molecule has 1 unspecified atom stereocenters. The molecule has 1 amide bonds. The number of nitrogen functional groups attached to an aromatic ring is 1. The van der Waals surface area contributed by atoms with Gasteiger partial charge in [-0.15, -0.1) is 0 Å². The van der Waals surface area contributed by atoms with Gasteiger partial charge in [-0.25, -0.2) is 4.39 Å². The Hall–Kier alpha value is -1.58. The SMILES string of the molecule is CC1(C)CCC(NC(=O)c2cccc(F)c2N)C1. The molecule has 0 radical (unpaired) electrons. The molecule has 1 aliphatic carbocycles. The van der Waals surface area contributed by atoms with Gasteiger partial charge in [-0.1, -0.05) is 19.9 Å². The predicted octanol–water partition coefficient (Wildman–Crippen LogP) is 2.72. The van der Waals surface area contributed by atoms with Gasteiger partial charge in [0.25, 0.3) is 5.91 Å². The van der Waals surface area contributed by atoms with E-state index >= 15 is 0 Å². The van der Waals surface area contributed by atoms with Crippen LogP contribution >= 0.6 is 0 Å². The van der Waals surface area contributed by atoms with Crippen molar-refractivity contribution in [3.05, 3.63) is 29.6 Å². The van der Waals surface area contributed by atoms with Gasteiger partial charge in [0.05, 0.1) is 11.3 Å². The van der Waals surface area contributed by atoms with E-state index in [2.05, 4.69) is 19.2 Å². The van der Waals surface area contributed by atoms with Crippen LogP contribution in [0.25, 0.3) is 0 Å². The first-order valence-electron chi connectivity index (χ1n) is 6.24. The molecule has 4 heteroatoms. The first kappa shape index (κ1) is 12.9. The van der Waals surface area contributed by atoms with Gasteiger partial charge in [0.15, 0.2) is 0 Å². The molecule has 0 bridgehead atoms. The molecule has 0 aliphatic heterocycles. The average molecular weight is 250 g/mol. The number of hydrogen-bond donors (Lipinski definition) is 2. The molecule has 1 fully saturated rings. The minimum atomic E-state index is -0.547. The zero-order valence-corrected chi connectivity index (χ0v) is 10.8. The Morgan fingerprint density at radius 3 is 2.83 bits per heavy atom. The summed E-state index contributed by atoms with van der Waals surface area (Å²) in [5.41, 5.74) is 5.99.